The number of benzene rings is 1. The second-order valence-electron chi connectivity index (χ2n) is 4.32. The molecule has 0 amide bonds. The highest BCUT2D eigenvalue weighted by Gasteiger charge is 2.16. The van der Waals surface area contributed by atoms with Crippen molar-refractivity contribution >= 4 is 21.7 Å². The fraction of sp³-hybridized carbons (Fsp3) is 0.182. The molecule has 1 aromatic carbocycles. The summed E-state index contributed by atoms with van der Waals surface area (Å²) < 4.78 is 53.5. The Labute approximate surface area is 129 Å². The minimum atomic E-state index is -3.94. The average Bonchev–Trinajstić information content (AvgIpc) is 2.93. The Hall–Kier alpha value is -2.44. The van der Waals surface area contributed by atoms with Crippen LogP contribution in [0, 0.1) is 0 Å². The monoisotopic (exact) mass is 346 g/mol. The summed E-state index contributed by atoms with van der Waals surface area (Å²) in [5, 5.41) is 11.8. The van der Waals surface area contributed by atoms with Crippen molar-refractivity contribution in [3.63, 3.8) is 0 Å². The van der Waals surface area contributed by atoms with Crippen LogP contribution in [0.2, 0.25) is 0 Å². The number of amidine groups is 1. The quantitative estimate of drug-likeness (QED) is 0.507. The van der Waals surface area contributed by atoms with E-state index in [2.05, 4.69) is 19.9 Å². The summed E-state index contributed by atoms with van der Waals surface area (Å²) >= 11 is 0. The molecule has 0 aliphatic carbocycles. The van der Waals surface area contributed by atoms with Gasteiger partial charge in [-0.15, -0.1) is 0 Å². The molecule has 0 aliphatic heterocycles. The molecule has 9 nitrogen and oxygen atoms in total. The third kappa shape index (κ3) is 4.77. The van der Waals surface area contributed by atoms with Gasteiger partial charge in [-0.25, -0.2) is 23.5 Å². The van der Waals surface area contributed by atoms with E-state index in [1.807, 2.05) is 4.72 Å². The number of aliphatic imine (C=N–C) groups is 1. The molecule has 124 valence electrons. The van der Waals surface area contributed by atoms with Gasteiger partial charge in [0.05, 0.1) is 12.2 Å². The fourth-order valence-corrected chi connectivity index (χ4v) is 1.95. The lowest BCUT2D eigenvalue weighted by Crippen LogP contribution is -2.31. The molecular formula is C11H12F2N6O3S. The molecule has 12 heteroatoms. The second-order valence-corrected chi connectivity index (χ2v) is 5.70. The number of nitrogens with two attached hydrogens (primary N) is 2. The molecule has 0 saturated heterocycles. The van der Waals surface area contributed by atoms with Crippen LogP contribution in [0.25, 0.3) is 0 Å². The van der Waals surface area contributed by atoms with Gasteiger partial charge in [-0.05, 0) is 17.3 Å². The van der Waals surface area contributed by atoms with Gasteiger partial charge in [0, 0.05) is 5.56 Å². The molecule has 0 unspecified atom stereocenters. The van der Waals surface area contributed by atoms with Crippen LogP contribution < -0.4 is 15.6 Å². The SMILES string of the molecule is NC(=Nc1cccc(C(F)F)c1)c1nonc1CNS(N)(=O)=O. The number of rotatable bonds is 6. The maximum absolute atomic E-state index is 12.6. The van der Waals surface area contributed by atoms with Crippen molar-refractivity contribution in [2.24, 2.45) is 15.9 Å². The molecule has 0 radical (unpaired) electrons. The summed E-state index contributed by atoms with van der Waals surface area (Å²) in [5.41, 5.74) is 5.71. The molecule has 1 heterocycles. The first kappa shape index (κ1) is 16.9. The maximum Gasteiger partial charge on any atom is 0.274 e. The first-order chi connectivity index (χ1) is 10.8. The van der Waals surface area contributed by atoms with Gasteiger partial charge < -0.3 is 5.73 Å². The summed E-state index contributed by atoms with van der Waals surface area (Å²) in [6.45, 7) is -0.315. The molecule has 23 heavy (non-hydrogen) atoms. The van der Waals surface area contributed by atoms with Crippen LogP contribution in [0.1, 0.15) is 23.4 Å². The van der Waals surface area contributed by atoms with Gasteiger partial charge in [0.15, 0.2) is 11.5 Å². The number of alkyl halides is 2. The first-order valence-electron chi connectivity index (χ1n) is 6.07. The van der Waals surface area contributed by atoms with E-state index in [1.165, 1.54) is 18.2 Å². The third-order valence-electron chi connectivity index (χ3n) is 2.61. The number of halogens is 2. The summed E-state index contributed by atoms with van der Waals surface area (Å²) in [7, 11) is -3.94. The van der Waals surface area contributed by atoms with E-state index in [-0.39, 0.29) is 35.0 Å². The van der Waals surface area contributed by atoms with Gasteiger partial charge in [-0.2, -0.15) is 13.1 Å². The highest BCUT2D eigenvalue weighted by molar-refractivity contribution is 7.87. The molecular weight excluding hydrogens is 334 g/mol. The fourth-order valence-electron chi connectivity index (χ4n) is 1.61. The largest absolute Gasteiger partial charge is 0.382 e. The number of hydrogen-bond donors (Lipinski definition) is 3. The van der Waals surface area contributed by atoms with Gasteiger partial charge in [-0.3, -0.25) is 0 Å². The van der Waals surface area contributed by atoms with Crippen LogP contribution in [0.15, 0.2) is 33.9 Å². The van der Waals surface area contributed by atoms with Crippen molar-refractivity contribution in [2.75, 3.05) is 0 Å². The first-order valence-corrected chi connectivity index (χ1v) is 7.62. The van der Waals surface area contributed by atoms with E-state index < -0.39 is 16.6 Å². The second kappa shape index (κ2) is 6.76. The van der Waals surface area contributed by atoms with Crippen molar-refractivity contribution in [3.05, 3.63) is 41.2 Å². The molecule has 0 aliphatic rings. The minimum Gasteiger partial charge on any atom is -0.382 e. The number of aromatic nitrogens is 2. The zero-order chi connectivity index (χ0) is 17.0. The molecule has 0 saturated carbocycles. The predicted molar refractivity (Wildman–Crippen MR) is 76.0 cm³/mol. The molecule has 5 N–H and O–H groups in total. The Morgan fingerprint density at radius 2 is 2.13 bits per heavy atom. The summed E-state index contributed by atoms with van der Waals surface area (Å²) in [6.07, 6.45) is -2.64. The Kier molecular flexibility index (Phi) is 4.98. The number of nitrogens with one attached hydrogen (secondary N) is 1. The lowest BCUT2D eigenvalue weighted by Gasteiger charge is -2.03. The van der Waals surface area contributed by atoms with E-state index in [9.17, 15) is 17.2 Å². The predicted octanol–water partition coefficient (Wildman–Crippen LogP) is 0.337. The van der Waals surface area contributed by atoms with Crippen molar-refractivity contribution < 1.29 is 21.8 Å². The maximum atomic E-state index is 12.6. The highest BCUT2D eigenvalue weighted by Crippen LogP contribution is 2.23. The van der Waals surface area contributed by atoms with Crippen LogP contribution in [-0.4, -0.2) is 24.6 Å². The lowest BCUT2D eigenvalue weighted by atomic mass is 10.2. The Morgan fingerprint density at radius 3 is 2.78 bits per heavy atom. The Balaban J connectivity index is 2.25. The van der Waals surface area contributed by atoms with E-state index in [0.717, 1.165) is 6.07 Å². The van der Waals surface area contributed by atoms with Crippen molar-refractivity contribution in [1.82, 2.24) is 15.0 Å². The van der Waals surface area contributed by atoms with E-state index >= 15 is 0 Å². The van der Waals surface area contributed by atoms with Gasteiger partial charge in [0.2, 0.25) is 0 Å². The van der Waals surface area contributed by atoms with Gasteiger partial charge >= 0.3 is 0 Å². The van der Waals surface area contributed by atoms with Crippen LogP contribution in [0.5, 0.6) is 0 Å². The molecule has 0 fully saturated rings. The van der Waals surface area contributed by atoms with Gasteiger partial charge in [0.25, 0.3) is 16.6 Å². The average molecular weight is 346 g/mol. The molecule has 2 rings (SSSR count). The smallest absolute Gasteiger partial charge is 0.274 e. The van der Waals surface area contributed by atoms with E-state index in [0.29, 0.717) is 0 Å². The van der Waals surface area contributed by atoms with Crippen LogP contribution in [0.3, 0.4) is 0 Å². The van der Waals surface area contributed by atoms with Crippen molar-refractivity contribution in [3.8, 4) is 0 Å². The molecule has 2 aromatic rings. The zero-order valence-electron chi connectivity index (χ0n) is 11.5. The van der Waals surface area contributed by atoms with Gasteiger partial charge in [-0.1, -0.05) is 17.3 Å². The third-order valence-corrected chi connectivity index (χ3v) is 3.16. The minimum absolute atomic E-state index is 0.0244. The van der Waals surface area contributed by atoms with Crippen LogP contribution in [-0.2, 0) is 16.8 Å². The van der Waals surface area contributed by atoms with E-state index in [1.54, 1.807) is 0 Å². The highest BCUT2D eigenvalue weighted by atomic mass is 32.2. The Morgan fingerprint density at radius 1 is 1.39 bits per heavy atom. The Bertz CT molecular complexity index is 821. The zero-order valence-corrected chi connectivity index (χ0v) is 12.3. The lowest BCUT2D eigenvalue weighted by molar-refractivity contribution is 0.151. The van der Waals surface area contributed by atoms with Gasteiger partial charge in [0.1, 0.15) is 5.69 Å². The molecule has 1 aromatic heterocycles. The van der Waals surface area contributed by atoms with Crippen molar-refractivity contribution in [1.29, 1.82) is 0 Å². The summed E-state index contributed by atoms with van der Waals surface area (Å²) in [5.74, 6) is -0.177. The molecule has 0 atom stereocenters. The number of nitrogens with zero attached hydrogens (tertiary/aromatic N) is 3. The summed E-state index contributed by atoms with van der Waals surface area (Å²) in [4.78, 5) is 3.94. The molecule has 0 spiro atoms. The standard InChI is InChI=1S/C11H12F2N6O3S/c12-10(13)6-2-1-3-7(4-6)17-11(14)9-8(18-22-19-9)5-16-23(15,20)21/h1-4,10,16H,5H2,(H2,14,17)(H2,15,20,21). The summed E-state index contributed by atoms with van der Waals surface area (Å²) in [6, 6.07) is 5.28. The van der Waals surface area contributed by atoms with E-state index in [4.69, 9.17) is 10.9 Å². The molecule has 0 bridgehead atoms. The van der Waals surface area contributed by atoms with Crippen LogP contribution in [0.4, 0.5) is 14.5 Å². The number of hydrogen-bond acceptors (Lipinski definition) is 6. The topological polar surface area (TPSA) is 149 Å². The van der Waals surface area contributed by atoms with Crippen LogP contribution >= 0.6 is 0 Å². The normalized spacial score (nSPS) is 12.8. The van der Waals surface area contributed by atoms with Crippen molar-refractivity contribution in [2.45, 2.75) is 13.0 Å².